The van der Waals surface area contributed by atoms with Gasteiger partial charge in [0.15, 0.2) is 18.1 Å². The fraction of sp³-hybridized carbons (Fsp3) is 0.581. The van der Waals surface area contributed by atoms with Crippen LogP contribution in [0.2, 0.25) is 23.2 Å². The van der Waals surface area contributed by atoms with Gasteiger partial charge in [-0.05, 0) is 61.1 Å². The van der Waals surface area contributed by atoms with Gasteiger partial charge in [-0.15, -0.1) is 5.10 Å². The van der Waals surface area contributed by atoms with E-state index in [2.05, 4.69) is 89.3 Å². The molecule has 1 aromatic carbocycles. The quantitative estimate of drug-likeness (QED) is 0.211. The third-order valence-electron chi connectivity index (χ3n) is 8.03. The van der Waals surface area contributed by atoms with Gasteiger partial charge in [0.05, 0.1) is 35.2 Å². The van der Waals surface area contributed by atoms with Crippen molar-refractivity contribution in [3.05, 3.63) is 52.2 Å². The molecule has 0 bridgehead atoms. The first-order chi connectivity index (χ1) is 19.7. The molecule has 3 rings (SSSR count). The Morgan fingerprint density at radius 1 is 1.07 bits per heavy atom. The van der Waals surface area contributed by atoms with Crippen LogP contribution in [0.25, 0.3) is 11.5 Å². The number of anilines is 3. The number of aromatic nitrogens is 3. The normalized spacial score (nSPS) is 14.0. The smallest absolute Gasteiger partial charge is 0.316 e. The van der Waals surface area contributed by atoms with Crippen molar-refractivity contribution in [3.63, 3.8) is 0 Å². The van der Waals surface area contributed by atoms with E-state index in [9.17, 15) is 9.18 Å². The van der Waals surface area contributed by atoms with E-state index >= 15 is 0 Å². The van der Waals surface area contributed by atoms with Crippen LogP contribution < -0.4 is 16.2 Å². The van der Waals surface area contributed by atoms with Crippen LogP contribution in [0, 0.1) is 5.82 Å². The molecule has 0 fully saturated rings. The molecule has 0 saturated heterocycles. The maximum atomic E-state index is 14.8. The molecule has 3 aromatic rings. The van der Waals surface area contributed by atoms with Gasteiger partial charge in [0, 0.05) is 19.3 Å². The molecule has 0 aliphatic carbocycles. The van der Waals surface area contributed by atoms with E-state index in [1.54, 1.807) is 19.3 Å². The number of nitrogens with one attached hydrogen (secondary N) is 2. The van der Waals surface area contributed by atoms with Crippen LogP contribution in [0.15, 0.2) is 39.7 Å². The zero-order valence-electron chi connectivity index (χ0n) is 27.9. The molecule has 1 unspecified atom stereocenters. The Labute approximate surface area is 259 Å². The number of hydrogen-bond acceptors (Lipinski definition) is 8. The van der Waals surface area contributed by atoms with E-state index in [0.717, 1.165) is 5.56 Å². The highest BCUT2D eigenvalue weighted by molar-refractivity contribution is 6.74. The summed E-state index contributed by atoms with van der Waals surface area (Å²) in [5.41, 5.74) is 1.10. The Balaban J connectivity index is 1.94. The first-order valence-corrected chi connectivity index (χ1v) is 19.1. The molecule has 1 atom stereocenters. The fourth-order valence-corrected chi connectivity index (χ4v) is 5.92. The molecule has 0 aliphatic heterocycles. The third kappa shape index (κ3) is 9.10. The van der Waals surface area contributed by atoms with Crippen molar-refractivity contribution < 1.29 is 17.7 Å². The lowest BCUT2D eigenvalue weighted by Crippen LogP contribution is -2.52. The van der Waals surface area contributed by atoms with E-state index in [1.807, 2.05) is 13.0 Å². The van der Waals surface area contributed by atoms with Crippen LogP contribution >= 0.6 is 0 Å². The molecule has 0 saturated carbocycles. The average molecular weight is 632 g/mol. The number of rotatable bonds is 12. The molecule has 12 heteroatoms. The number of pyridine rings is 1. The fourth-order valence-electron chi connectivity index (χ4n) is 3.90. The summed E-state index contributed by atoms with van der Waals surface area (Å²) in [5, 5.41) is 15.2. The van der Waals surface area contributed by atoms with Crippen LogP contribution in [0.5, 0.6) is 0 Å². The zero-order chi connectivity index (χ0) is 32.4. The molecule has 43 heavy (non-hydrogen) atoms. The minimum atomic E-state index is -2.06. The Morgan fingerprint density at radius 2 is 1.74 bits per heavy atom. The minimum absolute atomic E-state index is 0.0450. The van der Waals surface area contributed by atoms with Crippen LogP contribution in [-0.4, -0.2) is 51.1 Å². The third-order valence-corrected chi connectivity index (χ3v) is 14.3. The molecule has 9 nitrogen and oxygen atoms in total. The van der Waals surface area contributed by atoms with Crippen molar-refractivity contribution in [2.24, 2.45) is 7.05 Å². The largest absolute Gasteiger partial charge is 0.416 e. The van der Waals surface area contributed by atoms with Crippen molar-refractivity contribution in [1.29, 1.82) is 0 Å². The molecule has 2 heterocycles. The van der Waals surface area contributed by atoms with E-state index in [4.69, 9.17) is 13.3 Å². The first kappa shape index (κ1) is 34.7. The highest BCUT2D eigenvalue weighted by Gasteiger charge is 2.40. The van der Waals surface area contributed by atoms with Gasteiger partial charge in [-0.25, -0.2) is 4.39 Å². The van der Waals surface area contributed by atoms with Crippen LogP contribution in [-0.2, 0) is 22.3 Å². The highest BCUT2D eigenvalue weighted by atomic mass is 28.4. The van der Waals surface area contributed by atoms with Gasteiger partial charge in [0.25, 0.3) is 11.4 Å². The maximum Gasteiger partial charge on any atom is 0.316 e. The van der Waals surface area contributed by atoms with Gasteiger partial charge in [0.1, 0.15) is 5.82 Å². The van der Waals surface area contributed by atoms with Crippen molar-refractivity contribution in [3.8, 4) is 11.5 Å². The average Bonchev–Trinajstić information content (AvgIpc) is 3.35. The zero-order valence-corrected chi connectivity index (χ0v) is 30.4. The number of halogens is 1. The van der Waals surface area contributed by atoms with Crippen LogP contribution in [0.1, 0.15) is 67.9 Å². The van der Waals surface area contributed by atoms with Crippen molar-refractivity contribution in [2.75, 3.05) is 17.2 Å². The number of benzene rings is 1. The van der Waals surface area contributed by atoms with Gasteiger partial charge >= 0.3 is 6.01 Å². The van der Waals surface area contributed by atoms with E-state index in [0.29, 0.717) is 24.3 Å². The predicted octanol–water partition coefficient (Wildman–Crippen LogP) is 6.78. The Kier molecular flexibility index (Phi) is 10.5. The number of nitrogens with zero attached hydrogens (tertiary/aromatic N) is 3. The predicted molar refractivity (Wildman–Crippen MR) is 178 cm³/mol. The summed E-state index contributed by atoms with van der Waals surface area (Å²) in [5.74, 6) is -0.234. The Bertz CT molecular complexity index is 1460. The van der Waals surface area contributed by atoms with Gasteiger partial charge in [0.2, 0.25) is 0 Å². The van der Waals surface area contributed by atoms with E-state index in [1.165, 1.54) is 16.7 Å². The Hall–Kier alpha value is -2.81. The molecule has 0 radical (unpaired) electrons. The topological polar surface area (TPSA) is 103 Å². The van der Waals surface area contributed by atoms with E-state index < -0.39 is 29.5 Å². The summed E-state index contributed by atoms with van der Waals surface area (Å²) in [4.78, 5) is 12.5. The second-order valence-corrected chi connectivity index (χ2v) is 22.0. The highest BCUT2D eigenvalue weighted by Crippen LogP contribution is 2.37. The standard InChI is InChI=1S/C31H50FN5O4Si2/c1-13-20-14-15-23(22(32)16-20)33-24-17-26(38)37(10)18-21(24)27-35-36-28(40-27)34-25(19-39-43(11,12)30(5,6)7)31(8,9)41-42-29(2,3)4/h14-18,25,33H,13,19,42H2,1-12H3,(H,34,36). The van der Waals surface area contributed by atoms with Gasteiger partial charge in [-0.1, -0.05) is 59.6 Å². The molecule has 0 amide bonds. The van der Waals surface area contributed by atoms with Crippen molar-refractivity contribution >= 4 is 35.5 Å². The molecule has 2 aromatic heterocycles. The number of aryl methyl sites for hydroxylation is 2. The second-order valence-electron chi connectivity index (χ2n) is 14.5. The van der Waals surface area contributed by atoms with E-state index in [-0.39, 0.29) is 39.3 Å². The molecular weight excluding hydrogens is 582 g/mol. The number of hydrogen-bond donors (Lipinski definition) is 2. The van der Waals surface area contributed by atoms with Crippen molar-refractivity contribution in [2.45, 2.75) is 104 Å². The molecule has 2 N–H and O–H groups in total. The maximum absolute atomic E-state index is 14.8. The molecule has 238 valence electrons. The molecule has 0 spiro atoms. The summed E-state index contributed by atoms with van der Waals surface area (Å²) < 4.78 is 35.5. The van der Waals surface area contributed by atoms with Crippen molar-refractivity contribution in [1.82, 2.24) is 14.8 Å². The minimum Gasteiger partial charge on any atom is -0.416 e. The summed E-state index contributed by atoms with van der Waals surface area (Å²) in [6.07, 6.45) is 2.31. The molecular formula is C31H50FN5O4Si2. The van der Waals surface area contributed by atoms with Gasteiger partial charge in [-0.2, -0.15) is 0 Å². The Morgan fingerprint density at radius 3 is 2.33 bits per heavy atom. The lowest BCUT2D eigenvalue weighted by atomic mass is 10.0. The summed E-state index contributed by atoms with van der Waals surface area (Å²) in [6.45, 7) is 24.1. The monoisotopic (exact) mass is 631 g/mol. The second kappa shape index (κ2) is 13.0. The lowest BCUT2D eigenvalue weighted by Gasteiger charge is -2.41. The van der Waals surface area contributed by atoms with Crippen LogP contribution in [0.3, 0.4) is 0 Å². The first-order valence-electron chi connectivity index (χ1n) is 14.9. The van der Waals surface area contributed by atoms with Gasteiger partial charge < -0.3 is 28.5 Å². The van der Waals surface area contributed by atoms with Gasteiger partial charge in [-0.3, -0.25) is 4.79 Å². The summed E-state index contributed by atoms with van der Waals surface area (Å²) >= 11 is 0. The SMILES string of the molecule is CCc1ccc(Nc2cc(=O)n(C)cc2-c2nnc(NC(CO[Si](C)(C)C(C)(C)C)C(C)(C)O[SiH2]C(C)(C)C)o2)c(F)c1. The lowest BCUT2D eigenvalue weighted by molar-refractivity contribution is 0.0632. The molecule has 0 aliphatic rings. The van der Waals surface area contributed by atoms with Crippen LogP contribution in [0.4, 0.5) is 21.8 Å². The summed E-state index contributed by atoms with van der Waals surface area (Å²) in [7, 11) is -1.30. The summed E-state index contributed by atoms with van der Waals surface area (Å²) in [6, 6.07) is 6.30.